The highest BCUT2D eigenvalue weighted by molar-refractivity contribution is 6.10. The lowest BCUT2D eigenvalue weighted by atomic mass is 9.99. The van der Waals surface area contributed by atoms with Gasteiger partial charge in [0, 0.05) is 5.56 Å². The van der Waals surface area contributed by atoms with E-state index in [9.17, 15) is 9.59 Å². The highest BCUT2D eigenvalue weighted by Gasteiger charge is 2.28. The summed E-state index contributed by atoms with van der Waals surface area (Å²) in [6.45, 7) is 1.75. The molecule has 18 heavy (non-hydrogen) atoms. The SMILES string of the molecule is CCOC(=O)C(C#N)C(=O)c1ccc(OC)cc1. The van der Waals surface area contributed by atoms with Gasteiger partial charge in [-0.3, -0.25) is 9.59 Å². The first kappa shape index (κ1) is 13.7. The molecule has 0 saturated carbocycles. The van der Waals surface area contributed by atoms with E-state index in [-0.39, 0.29) is 12.2 Å². The lowest BCUT2D eigenvalue weighted by Crippen LogP contribution is -2.24. The summed E-state index contributed by atoms with van der Waals surface area (Å²) in [5.74, 6) is -2.21. The van der Waals surface area contributed by atoms with Crippen LogP contribution >= 0.6 is 0 Å². The lowest BCUT2D eigenvalue weighted by molar-refractivity contribution is -0.144. The molecule has 0 amide bonds. The zero-order chi connectivity index (χ0) is 13.5. The molecule has 1 atom stereocenters. The Balaban J connectivity index is 2.90. The van der Waals surface area contributed by atoms with Crippen molar-refractivity contribution in [1.29, 1.82) is 5.26 Å². The van der Waals surface area contributed by atoms with E-state index in [4.69, 9.17) is 10.00 Å². The second-order valence-electron chi connectivity index (χ2n) is 3.41. The normalized spacial score (nSPS) is 11.2. The van der Waals surface area contributed by atoms with Gasteiger partial charge in [-0.15, -0.1) is 0 Å². The van der Waals surface area contributed by atoms with Crippen LogP contribution in [-0.4, -0.2) is 25.5 Å². The van der Waals surface area contributed by atoms with Gasteiger partial charge < -0.3 is 9.47 Å². The molecule has 0 radical (unpaired) electrons. The van der Waals surface area contributed by atoms with Gasteiger partial charge >= 0.3 is 5.97 Å². The predicted octanol–water partition coefficient (Wildman–Crippen LogP) is 1.58. The fraction of sp³-hybridized carbons (Fsp3) is 0.308. The molecule has 5 heteroatoms. The van der Waals surface area contributed by atoms with Gasteiger partial charge in [0.05, 0.1) is 19.8 Å². The minimum absolute atomic E-state index is 0.132. The molecule has 1 aromatic carbocycles. The number of hydrogen-bond acceptors (Lipinski definition) is 5. The molecule has 5 nitrogen and oxygen atoms in total. The average molecular weight is 247 g/mol. The maximum atomic E-state index is 11.9. The molecular weight excluding hydrogens is 234 g/mol. The highest BCUT2D eigenvalue weighted by Crippen LogP contribution is 2.15. The Bertz CT molecular complexity index is 473. The molecule has 1 aromatic rings. The molecule has 0 N–H and O–H groups in total. The maximum absolute atomic E-state index is 11.9. The van der Waals surface area contributed by atoms with E-state index >= 15 is 0 Å². The number of carbonyl (C=O) groups is 2. The smallest absolute Gasteiger partial charge is 0.331 e. The van der Waals surface area contributed by atoms with E-state index in [0.717, 1.165) is 0 Å². The van der Waals surface area contributed by atoms with E-state index in [1.54, 1.807) is 25.1 Å². The number of rotatable bonds is 5. The quantitative estimate of drug-likeness (QED) is 0.448. The van der Waals surface area contributed by atoms with Crippen molar-refractivity contribution in [3.05, 3.63) is 29.8 Å². The summed E-state index contributed by atoms with van der Waals surface area (Å²) in [6, 6.07) is 7.85. The number of methoxy groups -OCH3 is 1. The fourth-order valence-electron chi connectivity index (χ4n) is 1.37. The maximum Gasteiger partial charge on any atom is 0.331 e. The van der Waals surface area contributed by atoms with Gasteiger partial charge in [-0.2, -0.15) is 5.26 Å². The molecule has 0 spiro atoms. The van der Waals surface area contributed by atoms with E-state index in [1.165, 1.54) is 19.2 Å². The summed E-state index contributed by atoms with van der Waals surface area (Å²) >= 11 is 0. The lowest BCUT2D eigenvalue weighted by Gasteiger charge is -2.07. The van der Waals surface area contributed by atoms with Crippen molar-refractivity contribution in [3.63, 3.8) is 0 Å². The third kappa shape index (κ3) is 3.08. The van der Waals surface area contributed by atoms with Gasteiger partial charge in [0.25, 0.3) is 0 Å². The Morgan fingerprint density at radius 1 is 1.33 bits per heavy atom. The third-order valence-electron chi connectivity index (χ3n) is 2.29. The number of hydrogen-bond donors (Lipinski definition) is 0. The van der Waals surface area contributed by atoms with Crippen molar-refractivity contribution >= 4 is 11.8 Å². The highest BCUT2D eigenvalue weighted by atomic mass is 16.5. The Kier molecular flexibility index (Phi) is 4.88. The predicted molar refractivity (Wildman–Crippen MR) is 63.1 cm³/mol. The van der Waals surface area contributed by atoms with Crippen LogP contribution in [0, 0.1) is 17.2 Å². The molecule has 0 bridgehead atoms. The number of ketones is 1. The Hall–Kier alpha value is -2.35. The standard InChI is InChI=1S/C13H13NO4/c1-3-18-13(16)11(8-14)12(15)9-4-6-10(17-2)7-5-9/h4-7,11H,3H2,1-2H3. The Labute approximate surface area is 105 Å². The van der Waals surface area contributed by atoms with Gasteiger partial charge in [-0.25, -0.2) is 0 Å². The fourth-order valence-corrected chi connectivity index (χ4v) is 1.37. The number of esters is 1. The largest absolute Gasteiger partial charge is 0.497 e. The molecule has 1 unspecified atom stereocenters. The minimum Gasteiger partial charge on any atom is -0.497 e. The molecule has 0 heterocycles. The summed E-state index contributed by atoms with van der Waals surface area (Å²) in [4.78, 5) is 23.3. The molecule has 0 saturated heterocycles. The zero-order valence-corrected chi connectivity index (χ0v) is 10.2. The van der Waals surface area contributed by atoms with E-state index < -0.39 is 17.7 Å². The van der Waals surface area contributed by atoms with Gasteiger partial charge in [0.2, 0.25) is 5.92 Å². The molecule has 0 aromatic heterocycles. The van der Waals surface area contributed by atoms with Crippen LogP contribution in [0.15, 0.2) is 24.3 Å². The molecular formula is C13H13NO4. The van der Waals surface area contributed by atoms with Crippen molar-refractivity contribution in [2.24, 2.45) is 5.92 Å². The van der Waals surface area contributed by atoms with Crippen LogP contribution in [0.5, 0.6) is 5.75 Å². The van der Waals surface area contributed by atoms with Gasteiger partial charge in [0.1, 0.15) is 5.75 Å². The van der Waals surface area contributed by atoms with Crippen LogP contribution in [0.3, 0.4) is 0 Å². The number of carbonyl (C=O) groups excluding carboxylic acids is 2. The van der Waals surface area contributed by atoms with Crippen LogP contribution in [-0.2, 0) is 9.53 Å². The molecule has 0 aliphatic heterocycles. The monoisotopic (exact) mass is 247 g/mol. The van der Waals surface area contributed by atoms with Crippen LogP contribution < -0.4 is 4.74 Å². The Morgan fingerprint density at radius 3 is 2.39 bits per heavy atom. The van der Waals surface area contributed by atoms with Crippen LogP contribution in [0.4, 0.5) is 0 Å². The first-order valence-electron chi connectivity index (χ1n) is 5.38. The summed E-state index contributed by atoms with van der Waals surface area (Å²) < 4.78 is 9.63. The van der Waals surface area contributed by atoms with Crippen molar-refractivity contribution in [3.8, 4) is 11.8 Å². The van der Waals surface area contributed by atoms with E-state index in [2.05, 4.69) is 4.74 Å². The first-order valence-corrected chi connectivity index (χ1v) is 5.38. The molecule has 1 rings (SSSR count). The van der Waals surface area contributed by atoms with E-state index in [0.29, 0.717) is 5.75 Å². The number of ether oxygens (including phenoxy) is 2. The number of benzene rings is 1. The van der Waals surface area contributed by atoms with Gasteiger partial charge in [-0.05, 0) is 31.2 Å². The molecule has 0 aliphatic carbocycles. The van der Waals surface area contributed by atoms with Crippen molar-refractivity contribution in [1.82, 2.24) is 0 Å². The van der Waals surface area contributed by atoms with Crippen molar-refractivity contribution in [2.45, 2.75) is 6.92 Å². The average Bonchev–Trinajstić information content (AvgIpc) is 2.40. The number of nitriles is 1. The zero-order valence-electron chi connectivity index (χ0n) is 10.2. The summed E-state index contributed by atoms with van der Waals surface area (Å²) in [5.41, 5.74) is 0.274. The van der Waals surface area contributed by atoms with Gasteiger partial charge in [0.15, 0.2) is 5.78 Å². The Morgan fingerprint density at radius 2 is 1.94 bits per heavy atom. The molecule has 0 aliphatic rings. The van der Waals surface area contributed by atoms with E-state index in [1.807, 2.05) is 0 Å². The number of nitrogens with zero attached hydrogens (tertiary/aromatic N) is 1. The topological polar surface area (TPSA) is 76.4 Å². The van der Waals surface area contributed by atoms with Gasteiger partial charge in [-0.1, -0.05) is 0 Å². The first-order chi connectivity index (χ1) is 8.63. The summed E-state index contributed by atoms with van der Waals surface area (Å²) in [5, 5.41) is 8.86. The summed E-state index contributed by atoms with van der Waals surface area (Å²) in [6.07, 6.45) is 0. The minimum atomic E-state index is -1.42. The second kappa shape index (κ2) is 6.40. The van der Waals surface area contributed by atoms with Crippen LogP contribution in [0.25, 0.3) is 0 Å². The number of Topliss-reactive ketones (excluding diaryl/α,β-unsaturated/α-hetero) is 1. The molecule has 0 fully saturated rings. The summed E-state index contributed by atoms with van der Waals surface area (Å²) in [7, 11) is 1.51. The van der Waals surface area contributed by atoms with Crippen molar-refractivity contribution in [2.75, 3.05) is 13.7 Å². The van der Waals surface area contributed by atoms with Crippen LogP contribution in [0.2, 0.25) is 0 Å². The second-order valence-corrected chi connectivity index (χ2v) is 3.41. The molecule has 94 valence electrons. The third-order valence-corrected chi connectivity index (χ3v) is 2.29. The van der Waals surface area contributed by atoms with Crippen molar-refractivity contribution < 1.29 is 19.1 Å². The van der Waals surface area contributed by atoms with Crippen LogP contribution in [0.1, 0.15) is 17.3 Å².